The monoisotopic (exact) mass is 631 g/mol. The Morgan fingerprint density at radius 1 is 1.24 bits per heavy atom. The Bertz CT molecular complexity index is 1320. The lowest BCUT2D eigenvalue weighted by molar-refractivity contribution is -0.309. The number of hydrogen-bond acceptors (Lipinski definition) is 10. The highest BCUT2D eigenvalue weighted by molar-refractivity contribution is 6.01. The van der Waals surface area contributed by atoms with Crippen LogP contribution in [0.5, 0.6) is 0 Å². The third kappa shape index (κ3) is 8.35. The van der Waals surface area contributed by atoms with Crippen molar-refractivity contribution in [2.24, 2.45) is 27.8 Å². The van der Waals surface area contributed by atoms with Crippen LogP contribution in [0.4, 0.5) is 0 Å². The molecule has 5 atom stereocenters. The molecule has 7 N–H and O–H groups in total. The molecule has 14 nitrogen and oxygen atoms in total. The number of amidine groups is 1. The largest absolute Gasteiger partial charge is 0.463 e. The molecular formula is C31H47N6O8+. The number of ether oxygens (including phenoxy) is 4. The molecule has 1 aliphatic heterocycles. The van der Waals surface area contributed by atoms with E-state index >= 15 is 0 Å². The number of amides is 1. The molecule has 1 aromatic heterocycles. The van der Waals surface area contributed by atoms with Gasteiger partial charge in [-0.15, -0.1) is 0 Å². The fraction of sp³-hybridized carbons (Fsp3) is 0.677. The minimum absolute atomic E-state index is 0.00627. The normalized spacial score (nSPS) is 25.6. The van der Waals surface area contributed by atoms with Crippen LogP contribution < -0.4 is 16.5 Å². The Balaban J connectivity index is 1.93. The summed E-state index contributed by atoms with van der Waals surface area (Å²) in [7, 11) is 1.37. The maximum absolute atomic E-state index is 13.1. The maximum Gasteiger partial charge on any atom is 0.347 e. The highest BCUT2D eigenvalue weighted by atomic mass is 16.6. The number of aromatic nitrogens is 1. The number of esters is 2. The molecule has 0 spiro atoms. The Kier molecular flexibility index (Phi) is 11.7. The van der Waals surface area contributed by atoms with Crippen molar-refractivity contribution in [3.63, 3.8) is 0 Å². The van der Waals surface area contributed by atoms with Gasteiger partial charge < -0.3 is 40.5 Å². The average Bonchev–Trinajstić information content (AvgIpc) is 3.59. The van der Waals surface area contributed by atoms with E-state index in [0.717, 1.165) is 38.4 Å². The molecule has 2 fully saturated rings. The number of nitrogens with one attached hydrogen (secondary N) is 2. The van der Waals surface area contributed by atoms with E-state index in [4.69, 9.17) is 30.4 Å². The van der Waals surface area contributed by atoms with Crippen LogP contribution >= 0.6 is 0 Å². The van der Waals surface area contributed by atoms with Gasteiger partial charge in [0.2, 0.25) is 5.60 Å². The summed E-state index contributed by atoms with van der Waals surface area (Å²) in [5.74, 6) is -1.64. The van der Waals surface area contributed by atoms with Crippen LogP contribution in [0.15, 0.2) is 17.1 Å². The second kappa shape index (κ2) is 14.6. The first-order chi connectivity index (χ1) is 21.1. The summed E-state index contributed by atoms with van der Waals surface area (Å²) in [6.07, 6.45) is 2.14. The van der Waals surface area contributed by atoms with Crippen LogP contribution in [0.2, 0.25) is 0 Å². The molecule has 1 saturated heterocycles. The fourth-order valence-electron chi connectivity index (χ4n) is 5.20. The van der Waals surface area contributed by atoms with Crippen LogP contribution in [-0.2, 0) is 38.9 Å². The predicted octanol–water partition coefficient (Wildman–Crippen LogP) is 0.0579. The molecule has 2 aliphatic rings. The van der Waals surface area contributed by atoms with Crippen LogP contribution in [0.1, 0.15) is 84.5 Å². The Morgan fingerprint density at radius 3 is 2.49 bits per heavy atom. The number of rotatable bonds is 10. The minimum Gasteiger partial charge on any atom is -0.463 e. The van der Waals surface area contributed by atoms with Crippen molar-refractivity contribution in [3.05, 3.63) is 23.5 Å². The molecule has 0 aromatic carbocycles. The van der Waals surface area contributed by atoms with Gasteiger partial charge in [-0.25, -0.2) is 9.79 Å². The number of aromatic amines is 1. The number of methoxy groups -OCH3 is 1. The highest BCUT2D eigenvalue weighted by Gasteiger charge is 2.59. The average molecular weight is 632 g/mol. The van der Waals surface area contributed by atoms with Gasteiger partial charge in [0.15, 0.2) is 18.0 Å². The number of carbonyl (C=O) groups is 3. The third-order valence-corrected chi connectivity index (χ3v) is 8.43. The fourth-order valence-corrected chi connectivity index (χ4v) is 5.20. The minimum atomic E-state index is -2.09. The lowest BCUT2D eigenvalue weighted by Gasteiger charge is -2.28. The summed E-state index contributed by atoms with van der Waals surface area (Å²) in [6, 6.07) is 3.90. The van der Waals surface area contributed by atoms with Crippen LogP contribution in [0.25, 0.3) is 0 Å². The van der Waals surface area contributed by atoms with E-state index in [0.29, 0.717) is 0 Å². The number of nitrogens with zero attached hydrogens (tertiary/aromatic N) is 2. The van der Waals surface area contributed by atoms with E-state index in [1.54, 1.807) is 34.6 Å². The number of aliphatic hydroxyl groups is 1. The topological polar surface area (TPSA) is 226 Å². The van der Waals surface area contributed by atoms with E-state index < -0.39 is 58.8 Å². The summed E-state index contributed by atoms with van der Waals surface area (Å²) < 4.78 is 22.5. The molecule has 0 radical (unpaired) electrons. The predicted molar refractivity (Wildman–Crippen MR) is 162 cm³/mol. The summed E-state index contributed by atoms with van der Waals surface area (Å²) in [6.45, 7) is 8.00. The van der Waals surface area contributed by atoms with E-state index in [1.165, 1.54) is 19.2 Å². The van der Waals surface area contributed by atoms with Gasteiger partial charge in [0.25, 0.3) is 5.84 Å². The number of H-pyrrole nitrogens is 1. The molecule has 1 aromatic rings. The Hall–Kier alpha value is -3.64. The van der Waals surface area contributed by atoms with Crippen LogP contribution in [0, 0.1) is 22.7 Å². The first-order valence-electron chi connectivity index (χ1n) is 15.2. The van der Waals surface area contributed by atoms with Crippen molar-refractivity contribution in [1.29, 1.82) is 5.26 Å². The zero-order valence-electron chi connectivity index (χ0n) is 26.9. The van der Waals surface area contributed by atoms with E-state index in [9.17, 15) is 24.8 Å². The zero-order valence-corrected chi connectivity index (χ0v) is 26.9. The van der Waals surface area contributed by atoms with Gasteiger partial charge in [0, 0.05) is 13.5 Å². The van der Waals surface area contributed by atoms with Gasteiger partial charge in [-0.2, -0.15) is 5.26 Å². The molecule has 248 valence electrons. The van der Waals surface area contributed by atoms with Gasteiger partial charge in [0.1, 0.15) is 36.6 Å². The third-order valence-electron chi connectivity index (χ3n) is 8.43. The van der Waals surface area contributed by atoms with Gasteiger partial charge >= 0.3 is 17.8 Å². The molecule has 0 unspecified atom stereocenters. The van der Waals surface area contributed by atoms with Crippen molar-refractivity contribution >= 4 is 30.0 Å². The number of aliphatic hydroxyl groups excluding tert-OH is 1. The summed E-state index contributed by atoms with van der Waals surface area (Å²) in [4.78, 5) is 48.2. The number of hydrogen-bond donors (Lipinski definition) is 5. The highest BCUT2D eigenvalue weighted by Crippen LogP contribution is 2.41. The van der Waals surface area contributed by atoms with Crippen molar-refractivity contribution in [2.45, 2.75) is 109 Å². The van der Waals surface area contributed by atoms with Crippen molar-refractivity contribution < 1.29 is 43.4 Å². The van der Waals surface area contributed by atoms with Crippen molar-refractivity contribution in [2.75, 3.05) is 13.7 Å². The molecule has 14 heteroatoms. The SMILES string of the molecule is COC(C)(C)C(=O)N=C([NH+]=CN)c1ccc([C@]2(C#N)O[C@H](COC(=O)CC3CCCCC3)[C@@H](OC(=O)[C@H](N)C(C)(C)C)[C@H]2O)[nH]1. The van der Waals surface area contributed by atoms with E-state index in [1.807, 2.05) is 6.07 Å². The molecule has 3 rings (SSSR count). The zero-order chi connectivity index (χ0) is 33.6. The van der Waals surface area contributed by atoms with Crippen molar-refractivity contribution in [1.82, 2.24) is 4.98 Å². The number of nitriles is 1. The number of nitrogens with two attached hydrogens (primary N) is 2. The second-order valence-corrected chi connectivity index (χ2v) is 13.2. The molecular weight excluding hydrogens is 584 g/mol. The summed E-state index contributed by atoms with van der Waals surface area (Å²) in [5.41, 5.74) is 7.97. The molecule has 1 aliphatic carbocycles. The molecule has 0 bridgehead atoms. The quantitative estimate of drug-likeness (QED) is 0.132. The molecule has 45 heavy (non-hydrogen) atoms. The Morgan fingerprint density at radius 2 is 1.91 bits per heavy atom. The maximum atomic E-state index is 13.1. The first kappa shape index (κ1) is 35.8. The van der Waals surface area contributed by atoms with Crippen LogP contribution in [0.3, 0.4) is 0 Å². The second-order valence-electron chi connectivity index (χ2n) is 13.2. The van der Waals surface area contributed by atoms with E-state index in [2.05, 4.69) is 15.0 Å². The van der Waals surface area contributed by atoms with Gasteiger partial charge in [-0.1, -0.05) is 45.0 Å². The standard InChI is InChI=1S/C31H46N6O8/c1-29(2,3)24(34)27(40)44-23-20(15-43-22(38)14-18-10-8-7-9-11-18)45-31(16-32,25(23)39)21-13-12-19(36-21)26(35-17-33)37-28(41)30(4,5)42-6/h12-13,17-18,20,23-25,36,39H,7-11,14-15,34H2,1-6H3,(H2,33,35,37,41)/p+1/t20-,23-,24+,25-,31+/m1/s1. The number of aliphatic imine (C=N–C) groups is 1. The summed E-state index contributed by atoms with van der Waals surface area (Å²) in [5, 5.41) is 22.0. The van der Waals surface area contributed by atoms with E-state index in [-0.39, 0.29) is 36.2 Å². The number of carbonyl (C=O) groups excluding carboxylic acids is 3. The van der Waals surface area contributed by atoms with Gasteiger partial charge in [-0.3, -0.25) is 9.59 Å². The lowest BCUT2D eigenvalue weighted by atomic mass is 9.87. The van der Waals surface area contributed by atoms with Gasteiger partial charge in [-0.05, 0) is 50.2 Å². The van der Waals surface area contributed by atoms with Crippen LogP contribution in [-0.4, -0.2) is 83.8 Å². The first-order valence-corrected chi connectivity index (χ1v) is 15.2. The smallest absolute Gasteiger partial charge is 0.347 e. The molecule has 1 amide bonds. The van der Waals surface area contributed by atoms with Crippen molar-refractivity contribution in [3.8, 4) is 6.07 Å². The molecule has 1 saturated carbocycles. The molecule has 2 heterocycles. The lowest BCUT2D eigenvalue weighted by Crippen LogP contribution is -2.76. The Labute approximate surface area is 263 Å². The summed E-state index contributed by atoms with van der Waals surface area (Å²) >= 11 is 0. The van der Waals surface area contributed by atoms with Gasteiger partial charge in [0.05, 0.1) is 5.69 Å².